The Bertz CT molecular complexity index is 178. The Balaban J connectivity index is 3.14. The Labute approximate surface area is 55.9 Å². The van der Waals surface area contributed by atoms with Gasteiger partial charge in [-0.15, -0.1) is 0 Å². The SMILES string of the molecule is Cc1sc(Cl)c[n+]1[O-]. The summed E-state index contributed by atoms with van der Waals surface area (Å²) in [5, 5.41) is 11.2. The van der Waals surface area contributed by atoms with Gasteiger partial charge in [-0.25, -0.2) is 0 Å². The molecule has 1 heterocycles. The van der Waals surface area contributed by atoms with Gasteiger partial charge >= 0.3 is 0 Å². The molecule has 2 nitrogen and oxygen atoms in total. The maximum Gasteiger partial charge on any atom is 0.246 e. The first-order chi connectivity index (χ1) is 3.70. The van der Waals surface area contributed by atoms with Crippen molar-refractivity contribution in [2.24, 2.45) is 0 Å². The summed E-state index contributed by atoms with van der Waals surface area (Å²) in [6.07, 6.45) is 1.35. The van der Waals surface area contributed by atoms with Gasteiger partial charge in [-0.3, -0.25) is 0 Å². The van der Waals surface area contributed by atoms with E-state index < -0.39 is 0 Å². The van der Waals surface area contributed by atoms with Crippen molar-refractivity contribution >= 4 is 22.9 Å². The molecule has 0 aliphatic carbocycles. The van der Waals surface area contributed by atoms with Crippen molar-refractivity contribution < 1.29 is 4.73 Å². The van der Waals surface area contributed by atoms with Crippen LogP contribution in [0.2, 0.25) is 4.34 Å². The minimum absolute atomic E-state index is 0.539. The highest BCUT2D eigenvalue weighted by atomic mass is 35.5. The highest BCUT2D eigenvalue weighted by Gasteiger charge is 2.02. The first-order valence-electron chi connectivity index (χ1n) is 2.05. The predicted molar refractivity (Wildman–Crippen MR) is 33.0 cm³/mol. The molecule has 4 heteroatoms. The third-order valence-corrected chi connectivity index (χ3v) is 1.88. The van der Waals surface area contributed by atoms with E-state index in [1.54, 1.807) is 6.92 Å². The third-order valence-electron chi connectivity index (χ3n) is 0.774. The van der Waals surface area contributed by atoms with E-state index in [1.165, 1.54) is 17.5 Å². The van der Waals surface area contributed by atoms with Crippen molar-refractivity contribution in [1.82, 2.24) is 0 Å². The summed E-state index contributed by atoms with van der Waals surface area (Å²) >= 11 is 6.75. The number of aromatic nitrogens is 1. The number of halogens is 1. The topological polar surface area (TPSA) is 26.9 Å². The largest absolute Gasteiger partial charge is 0.618 e. The Morgan fingerprint density at radius 2 is 2.50 bits per heavy atom. The molecule has 8 heavy (non-hydrogen) atoms. The maximum atomic E-state index is 10.5. The summed E-state index contributed by atoms with van der Waals surface area (Å²) in [5.41, 5.74) is 0. The number of thiazole rings is 1. The Hall–Kier alpha value is -0.280. The van der Waals surface area contributed by atoms with Crippen LogP contribution in [0.1, 0.15) is 5.01 Å². The Morgan fingerprint density at radius 3 is 2.62 bits per heavy atom. The molecule has 0 aliphatic rings. The van der Waals surface area contributed by atoms with Gasteiger partial charge in [0.05, 0.1) is 0 Å². The monoisotopic (exact) mass is 149 g/mol. The number of rotatable bonds is 0. The van der Waals surface area contributed by atoms with Crippen LogP contribution in [0.5, 0.6) is 0 Å². The molecule has 44 valence electrons. The second-order valence-corrected chi connectivity index (χ2v) is 3.25. The van der Waals surface area contributed by atoms with Crippen LogP contribution in [0.3, 0.4) is 0 Å². The molecule has 0 aromatic carbocycles. The lowest BCUT2D eigenvalue weighted by Crippen LogP contribution is -2.24. The normalized spacial score (nSPS) is 9.75. The van der Waals surface area contributed by atoms with E-state index in [0.717, 1.165) is 4.73 Å². The molecule has 0 unspecified atom stereocenters. The van der Waals surface area contributed by atoms with Gasteiger partial charge in [0.2, 0.25) is 11.2 Å². The summed E-state index contributed by atoms with van der Waals surface area (Å²) in [7, 11) is 0. The molecule has 0 aliphatic heterocycles. The van der Waals surface area contributed by atoms with Crippen molar-refractivity contribution in [3.8, 4) is 0 Å². The van der Waals surface area contributed by atoms with Crippen LogP contribution in [0.25, 0.3) is 0 Å². The van der Waals surface area contributed by atoms with E-state index in [1.807, 2.05) is 0 Å². The molecule has 0 fully saturated rings. The molecule has 0 saturated heterocycles. The summed E-state index contributed by atoms with van der Waals surface area (Å²) in [5.74, 6) is 0. The van der Waals surface area contributed by atoms with Gasteiger partial charge in [-0.2, -0.15) is 4.73 Å². The van der Waals surface area contributed by atoms with Crippen LogP contribution in [0, 0.1) is 12.1 Å². The molecule has 0 radical (unpaired) electrons. The highest BCUT2D eigenvalue weighted by Crippen LogP contribution is 2.14. The van der Waals surface area contributed by atoms with Gasteiger partial charge in [-0.1, -0.05) is 22.9 Å². The smallest absolute Gasteiger partial charge is 0.246 e. The molecular formula is C4H4ClNOS. The average molecular weight is 150 g/mol. The molecule has 1 rings (SSSR count). The summed E-state index contributed by atoms with van der Waals surface area (Å²) < 4.78 is 1.30. The van der Waals surface area contributed by atoms with Crippen LogP contribution in [0.4, 0.5) is 0 Å². The highest BCUT2D eigenvalue weighted by molar-refractivity contribution is 7.15. The number of hydrogen-bond donors (Lipinski definition) is 0. The predicted octanol–water partition coefficient (Wildman–Crippen LogP) is 1.34. The zero-order valence-electron chi connectivity index (χ0n) is 4.22. The Kier molecular flexibility index (Phi) is 1.40. The molecule has 1 aromatic rings. The van der Waals surface area contributed by atoms with Gasteiger partial charge in [0.1, 0.15) is 0 Å². The van der Waals surface area contributed by atoms with Gasteiger partial charge in [0.15, 0.2) is 4.34 Å². The van der Waals surface area contributed by atoms with Crippen LogP contribution in [-0.2, 0) is 0 Å². The third kappa shape index (κ3) is 0.928. The van der Waals surface area contributed by atoms with Gasteiger partial charge in [0.25, 0.3) is 0 Å². The molecule has 1 aromatic heterocycles. The first-order valence-corrected chi connectivity index (χ1v) is 3.24. The minimum atomic E-state index is 0.539. The standard InChI is InChI=1S/C4H4ClNOS/c1-3-6(7)2-4(5)8-3/h2H,1H3. The van der Waals surface area contributed by atoms with Crippen LogP contribution in [-0.4, -0.2) is 0 Å². The molecular weight excluding hydrogens is 146 g/mol. The van der Waals surface area contributed by atoms with E-state index in [-0.39, 0.29) is 0 Å². The molecule has 0 amide bonds. The summed E-state index contributed by atoms with van der Waals surface area (Å²) in [4.78, 5) is 0. The van der Waals surface area contributed by atoms with Crippen LogP contribution in [0.15, 0.2) is 6.20 Å². The van der Waals surface area contributed by atoms with Crippen molar-refractivity contribution in [3.05, 3.63) is 20.7 Å². The zero-order chi connectivity index (χ0) is 6.15. The van der Waals surface area contributed by atoms with E-state index in [0.29, 0.717) is 9.34 Å². The van der Waals surface area contributed by atoms with E-state index >= 15 is 0 Å². The molecule has 0 saturated carbocycles. The van der Waals surface area contributed by atoms with E-state index in [2.05, 4.69) is 0 Å². The number of nitrogens with zero attached hydrogens (tertiary/aromatic N) is 1. The second kappa shape index (κ2) is 1.91. The maximum absolute atomic E-state index is 10.5. The van der Waals surface area contributed by atoms with E-state index in [4.69, 9.17) is 11.6 Å². The van der Waals surface area contributed by atoms with Gasteiger partial charge < -0.3 is 5.21 Å². The minimum Gasteiger partial charge on any atom is -0.618 e. The second-order valence-electron chi connectivity index (χ2n) is 1.38. The lowest BCUT2D eigenvalue weighted by Gasteiger charge is -1.86. The number of hydrogen-bond acceptors (Lipinski definition) is 2. The zero-order valence-corrected chi connectivity index (χ0v) is 5.79. The lowest BCUT2D eigenvalue weighted by atomic mass is 10.8. The molecule has 0 atom stereocenters. The fourth-order valence-corrected chi connectivity index (χ4v) is 1.39. The van der Waals surface area contributed by atoms with Crippen molar-refractivity contribution in [3.63, 3.8) is 0 Å². The van der Waals surface area contributed by atoms with Crippen molar-refractivity contribution in [1.29, 1.82) is 0 Å². The summed E-state index contributed by atoms with van der Waals surface area (Å²) in [6.45, 7) is 1.73. The first kappa shape index (κ1) is 5.85. The number of aryl methyl sites for hydroxylation is 1. The quantitative estimate of drug-likeness (QED) is 0.404. The average Bonchev–Trinajstić information content (AvgIpc) is 1.85. The van der Waals surface area contributed by atoms with Crippen molar-refractivity contribution in [2.45, 2.75) is 6.92 Å². The Morgan fingerprint density at radius 1 is 1.88 bits per heavy atom. The van der Waals surface area contributed by atoms with Crippen molar-refractivity contribution in [2.75, 3.05) is 0 Å². The summed E-state index contributed by atoms with van der Waals surface area (Å²) in [6, 6.07) is 0. The fraction of sp³-hybridized carbons (Fsp3) is 0.250. The van der Waals surface area contributed by atoms with Gasteiger partial charge in [-0.05, 0) is 0 Å². The molecule has 0 spiro atoms. The lowest BCUT2D eigenvalue weighted by molar-refractivity contribution is -0.606. The fourth-order valence-electron chi connectivity index (χ4n) is 0.396. The van der Waals surface area contributed by atoms with Crippen LogP contribution < -0.4 is 4.73 Å². The van der Waals surface area contributed by atoms with E-state index in [9.17, 15) is 5.21 Å². The van der Waals surface area contributed by atoms with Crippen LogP contribution >= 0.6 is 22.9 Å². The van der Waals surface area contributed by atoms with Gasteiger partial charge in [0, 0.05) is 6.92 Å². The molecule has 0 N–H and O–H groups in total. The molecule has 0 bridgehead atoms.